The lowest BCUT2D eigenvalue weighted by Crippen LogP contribution is -2.55. The molecule has 4 rings (SSSR count). The molecule has 29 heavy (non-hydrogen) atoms. The maximum atomic E-state index is 13.9. The number of rotatable bonds is 5. The highest BCUT2D eigenvalue weighted by atomic mass is 32.1. The third-order valence-corrected chi connectivity index (χ3v) is 5.58. The Labute approximate surface area is 167 Å². The number of hydrogen-bond donors (Lipinski definition) is 4. The summed E-state index contributed by atoms with van der Waals surface area (Å²) in [5.74, 6) is -3.76. The van der Waals surface area contributed by atoms with Gasteiger partial charge in [-0.25, -0.2) is 13.8 Å². The van der Waals surface area contributed by atoms with Crippen LogP contribution in [0.1, 0.15) is 29.8 Å². The maximum Gasteiger partial charge on any atom is 0.273 e. The van der Waals surface area contributed by atoms with Gasteiger partial charge in [0.15, 0.2) is 11.5 Å². The molecule has 0 saturated heterocycles. The highest BCUT2D eigenvalue weighted by Crippen LogP contribution is 2.33. The Kier molecular flexibility index (Phi) is 4.96. The van der Waals surface area contributed by atoms with Gasteiger partial charge in [-0.3, -0.25) is 4.79 Å². The molecule has 1 aromatic carbocycles. The van der Waals surface area contributed by atoms with Crippen LogP contribution in [0.4, 0.5) is 26.2 Å². The largest absolute Gasteiger partial charge is 0.364 e. The molecule has 1 aliphatic carbocycles. The van der Waals surface area contributed by atoms with Gasteiger partial charge in [-0.15, -0.1) is 21.5 Å². The summed E-state index contributed by atoms with van der Waals surface area (Å²) in [5.41, 5.74) is 14.0. The monoisotopic (exact) mass is 420 g/mol. The van der Waals surface area contributed by atoms with Gasteiger partial charge in [0.2, 0.25) is 5.95 Å². The van der Waals surface area contributed by atoms with E-state index in [1.165, 1.54) is 11.3 Å². The van der Waals surface area contributed by atoms with Gasteiger partial charge in [0.25, 0.3) is 11.8 Å². The van der Waals surface area contributed by atoms with Crippen LogP contribution in [0.3, 0.4) is 0 Å². The Hall–Kier alpha value is -2.99. The average molecular weight is 420 g/mol. The number of alkyl halides is 2. The van der Waals surface area contributed by atoms with Crippen molar-refractivity contribution in [2.45, 2.75) is 37.3 Å². The van der Waals surface area contributed by atoms with Crippen molar-refractivity contribution in [2.24, 2.45) is 11.5 Å². The van der Waals surface area contributed by atoms with E-state index in [1.54, 1.807) is 17.6 Å². The molecule has 1 saturated carbocycles. The molecule has 2 heterocycles. The molecule has 0 radical (unpaired) electrons. The molecule has 1 fully saturated rings. The predicted molar refractivity (Wildman–Crippen MR) is 105 cm³/mol. The van der Waals surface area contributed by atoms with Gasteiger partial charge >= 0.3 is 0 Å². The Morgan fingerprint density at radius 2 is 2.14 bits per heavy atom. The van der Waals surface area contributed by atoms with Crippen molar-refractivity contribution in [3.63, 3.8) is 0 Å². The fourth-order valence-electron chi connectivity index (χ4n) is 3.24. The van der Waals surface area contributed by atoms with Crippen molar-refractivity contribution >= 4 is 44.9 Å². The van der Waals surface area contributed by atoms with Gasteiger partial charge in [-0.05, 0) is 31.0 Å². The van der Waals surface area contributed by atoms with E-state index < -0.39 is 23.9 Å². The molecule has 3 aromatic rings. The standard InChI is InChI=1S/C17H18F2N8OS/c18-17(19)5-1-2-9(13(17)20)24-16-25-15(12(14(21)28)26-27-16)23-8-3-4-11-10(6-8)22-7-29-11/h3-4,6-7,9,13H,1-2,5,20H2,(H2,21,28)(H2,23,24,25,27)/t9-,13-/m1/s1. The molecule has 152 valence electrons. The summed E-state index contributed by atoms with van der Waals surface area (Å²) in [7, 11) is 0. The predicted octanol–water partition coefficient (Wildman–Crippen LogP) is 2.25. The highest BCUT2D eigenvalue weighted by molar-refractivity contribution is 7.16. The fourth-order valence-corrected chi connectivity index (χ4v) is 3.90. The summed E-state index contributed by atoms with van der Waals surface area (Å²) in [4.78, 5) is 20.2. The summed E-state index contributed by atoms with van der Waals surface area (Å²) in [5, 5.41) is 13.4. The van der Waals surface area contributed by atoms with Crippen molar-refractivity contribution in [3.8, 4) is 0 Å². The minimum Gasteiger partial charge on any atom is -0.364 e. The highest BCUT2D eigenvalue weighted by Gasteiger charge is 2.45. The maximum absolute atomic E-state index is 13.9. The Morgan fingerprint density at radius 3 is 2.93 bits per heavy atom. The molecule has 0 spiro atoms. The lowest BCUT2D eigenvalue weighted by atomic mass is 9.87. The van der Waals surface area contributed by atoms with Gasteiger partial charge in [-0.1, -0.05) is 0 Å². The number of hydrogen-bond acceptors (Lipinski definition) is 9. The summed E-state index contributed by atoms with van der Waals surface area (Å²) < 4.78 is 28.8. The van der Waals surface area contributed by atoms with E-state index >= 15 is 0 Å². The van der Waals surface area contributed by atoms with Gasteiger partial charge < -0.3 is 22.1 Å². The van der Waals surface area contributed by atoms with E-state index in [0.717, 1.165) is 10.2 Å². The lowest BCUT2D eigenvalue weighted by Gasteiger charge is -2.35. The number of halogens is 2. The molecular weight excluding hydrogens is 402 g/mol. The van der Waals surface area contributed by atoms with Crippen LogP contribution in [0.15, 0.2) is 23.7 Å². The Balaban J connectivity index is 1.61. The van der Waals surface area contributed by atoms with E-state index in [-0.39, 0.29) is 23.9 Å². The number of carbonyl (C=O) groups excluding carboxylic acids is 1. The van der Waals surface area contributed by atoms with Crippen LogP contribution in [-0.2, 0) is 0 Å². The molecule has 9 nitrogen and oxygen atoms in total. The lowest BCUT2D eigenvalue weighted by molar-refractivity contribution is -0.0555. The van der Waals surface area contributed by atoms with Crippen LogP contribution < -0.4 is 22.1 Å². The molecule has 0 aliphatic heterocycles. The van der Waals surface area contributed by atoms with E-state index in [9.17, 15) is 13.6 Å². The summed E-state index contributed by atoms with van der Waals surface area (Å²) >= 11 is 1.50. The average Bonchev–Trinajstić information content (AvgIpc) is 3.13. The Bertz CT molecular complexity index is 1060. The molecule has 2 aromatic heterocycles. The smallest absolute Gasteiger partial charge is 0.273 e. The molecule has 6 N–H and O–H groups in total. The number of nitrogens with zero attached hydrogens (tertiary/aromatic N) is 4. The number of amides is 1. The van der Waals surface area contributed by atoms with Crippen LogP contribution in [0.5, 0.6) is 0 Å². The minimum atomic E-state index is -2.97. The zero-order chi connectivity index (χ0) is 20.6. The van der Waals surface area contributed by atoms with Crippen molar-refractivity contribution in [1.82, 2.24) is 20.2 Å². The van der Waals surface area contributed by atoms with Gasteiger partial charge in [-0.2, -0.15) is 4.98 Å². The molecule has 0 bridgehead atoms. The van der Waals surface area contributed by atoms with Crippen molar-refractivity contribution in [1.29, 1.82) is 0 Å². The number of aromatic nitrogens is 4. The van der Waals surface area contributed by atoms with E-state index in [0.29, 0.717) is 18.5 Å². The summed E-state index contributed by atoms with van der Waals surface area (Å²) in [6, 6.07) is 3.34. The van der Waals surface area contributed by atoms with Crippen LogP contribution in [-0.4, -0.2) is 44.1 Å². The first-order valence-electron chi connectivity index (χ1n) is 8.88. The number of nitrogens with one attached hydrogen (secondary N) is 2. The minimum absolute atomic E-state index is 0.0228. The third-order valence-electron chi connectivity index (χ3n) is 4.77. The summed E-state index contributed by atoms with van der Waals surface area (Å²) in [6.45, 7) is 0. The Morgan fingerprint density at radius 1 is 1.31 bits per heavy atom. The molecule has 12 heteroatoms. The number of thiazole rings is 1. The zero-order valence-corrected chi connectivity index (χ0v) is 15.9. The van der Waals surface area contributed by atoms with Crippen LogP contribution in [0.2, 0.25) is 0 Å². The fraction of sp³-hybridized carbons (Fsp3) is 0.353. The number of primary amides is 1. The topological polar surface area (TPSA) is 145 Å². The van der Waals surface area contributed by atoms with Gasteiger partial charge in [0, 0.05) is 12.1 Å². The van der Waals surface area contributed by atoms with Crippen molar-refractivity contribution in [3.05, 3.63) is 29.4 Å². The molecule has 2 atom stereocenters. The second-order valence-corrected chi connectivity index (χ2v) is 7.67. The van der Waals surface area contributed by atoms with Crippen LogP contribution in [0, 0.1) is 0 Å². The first kappa shape index (κ1) is 19.3. The number of carbonyl (C=O) groups is 1. The first-order valence-corrected chi connectivity index (χ1v) is 9.76. The van der Waals surface area contributed by atoms with Gasteiger partial charge in [0.05, 0.1) is 27.8 Å². The van der Waals surface area contributed by atoms with Crippen molar-refractivity contribution < 1.29 is 13.6 Å². The van der Waals surface area contributed by atoms with Crippen molar-refractivity contribution in [2.75, 3.05) is 10.6 Å². The second kappa shape index (κ2) is 7.44. The number of anilines is 3. The van der Waals surface area contributed by atoms with E-state index in [4.69, 9.17) is 11.5 Å². The van der Waals surface area contributed by atoms with Crippen LogP contribution in [0.25, 0.3) is 10.2 Å². The van der Waals surface area contributed by atoms with Crippen LogP contribution >= 0.6 is 11.3 Å². The first-order chi connectivity index (χ1) is 13.8. The molecule has 1 amide bonds. The SMILES string of the molecule is NC(=O)c1nnc(N[C@@H]2CCCC(F)(F)[C@@H]2N)nc1Nc1ccc2scnc2c1. The number of benzene rings is 1. The number of fused-ring (bicyclic) bond motifs is 1. The molecule has 1 aliphatic rings. The third kappa shape index (κ3) is 3.93. The zero-order valence-electron chi connectivity index (χ0n) is 15.1. The van der Waals surface area contributed by atoms with E-state index in [2.05, 4.69) is 30.8 Å². The molecule has 0 unspecified atom stereocenters. The normalized spacial score (nSPS) is 21.1. The molecular formula is C17H18F2N8OS. The number of nitrogens with two attached hydrogens (primary N) is 2. The van der Waals surface area contributed by atoms with E-state index in [1.807, 2.05) is 6.07 Å². The van der Waals surface area contributed by atoms with Gasteiger partial charge in [0.1, 0.15) is 0 Å². The second-order valence-electron chi connectivity index (χ2n) is 6.79. The quantitative estimate of drug-likeness (QED) is 0.492. The summed E-state index contributed by atoms with van der Waals surface area (Å²) in [6.07, 6.45) is 0.517.